The van der Waals surface area contributed by atoms with E-state index in [1.165, 1.54) is 0 Å². The van der Waals surface area contributed by atoms with E-state index < -0.39 is 6.04 Å². The Labute approximate surface area is 148 Å². The molecule has 0 aliphatic carbocycles. The summed E-state index contributed by atoms with van der Waals surface area (Å²) >= 11 is 0. The Bertz CT molecular complexity index is 739. The van der Waals surface area contributed by atoms with Crippen molar-refractivity contribution in [1.29, 1.82) is 0 Å². The summed E-state index contributed by atoms with van der Waals surface area (Å²) in [6.45, 7) is 5.87. The predicted octanol–water partition coefficient (Wildman–Crippen LogP) is 2.68. The number of amides is 2. The summed E-state index contributed by atoms with van der Waals surface area (Å²) in [6.07, 6.45) is 4.79. The van der Waals surface area contributed by atoms with E-state index in [2.05, 4.69) is 12.2 Å². The van der Waals surface area contributed by atoms with Gasteiger partial charge in [0, 0.05) is 37.6 Å². The smallest absolute Gasteiger partial charge is 0.255 e. The molecule has 0 bridgehead atoms. The Kier molecular flexibility index (Phi) is 5.22. The lowest BCUT2D eigenvalue weighted by Gasteiger charge is -2.31. The summed E-state index contributed by atoms with van der Waals surface area (Å²) in [4.78, 5) is 27.3. The zero-order valence-corrected chi connectivity index (χ0v) is 14.8. The molecule has 0 radical (unpaired) electrons. The molecule has 0 fully saturated rings. The first-order valence-electron chi connectivity index (χ1n) is 8.89. The van der Waals surface area contributed by atoms with Crippen molar-refractivity contribution in [3.8, 4) is 0 Å². The van der Waals surface area contributed by atoms with Gasteiger partial charge in [-0.2, -0.15) is 0 Å². The summed E-state index contributed by atoms with van der Waals surface area (Å²) in [5, 5.41) is 3.01. The second kappa shape index (κ2) is 7.55. The molecular formula is C20H25N3O2. The maximum absolute atomic E-state index is 12.8. The molecule has 2 aromatic rings. The first kappa shape index (κ1) is 17.3. The van der Waals surface area contributed by atoms with E-state index in [0.717, 1.165) is 24.1 Å². The molecule has 5 heteroatoms. The van der Waals surface area contributed by atoms with E-state index in [-0.39, 0.29) is 17.7 Å². The van der Waals surface area contributed by atoms with Gasteiger partial charge in [0.15, 0.2) is 0 Å². The fourth-order valence-electron chi connectivity index (χ4n) is 3.36. The summed E-state index contributed by atoms with van der Waals surface area (Å²) in [5.41, 5.74) is 1.72. The van der Waals surface area contributed by atoms with Gasteiger partial charge in [-0.25, -0.2) is 0 Å². The number of fused-ring (bicyclic) bond motifs is 1. The largest absolute Gasteiger partial charge is 0.353 e. The number of nitrogens with zero attached hydrogens (tertiary/aromatic N) is 2. The maximum Gasteiger partial charge on any atom is 0.255 e. The second-order valence-electron chi connectivity index (χ2n) is 6.63. The zero-order valence-electron chi connectivity index (χ0n) is 14.8. The Hall–Kier alpha value is -2.56. The fourth-order valence-corrected chi connectivity index (χ4v) is 3.36. The third-order valence-corrected chi connectivity index (χ3v) is 4.97. The average Bonchev–Trinajstić information content (AvgIpc) is 3.24. The van der Waals surface area contributed by atoms with Crippen LogP contribution in [0, 0.1) is 5.92 Å². The van der Waals surface area contributed by atoms with E-state index in [9.17, 15) is 9.59 Å². The van der Waals surface area contributed by atoms with Gasteiger partial charge >= 0.3 is 0 Å². The lowest BCUT2D eigenvalue weighted by Crippen LogP contribution is -2.51. The molecule has 3 rings (SSSR count). The SMILES string of the molecule is CC[C@@H](C)[C@@H](C(=O)NCCn1cccc1)N1Cc2ccccc2C1=O. The molecule has 5 nitrogen and oxygen atoms in total. The van der Waals surface area contributed by atoms with Crippen LogP contribution in [0.15, 0.2) is 48.8 Å². The molecule has 0 saturated heterocycles. The minimum Gasteiger partial charge on any atom is -0.353 e. The van der Waals surface area contributed by atoms with Crippen molar-refractivity contribution in [3.05, 3.63) is 59.9 Å². The maximum atomic E-state index is 12.8. The molecule has 1 N–H and O–H groups in total. The Morgan fingerprint density at radius 1 is 1.20 bits per heavy atom. The van der Waals surface area contributed by atoms with Gasteiger partial charge in [-0.1, -0.05) is 38.5 Å². The number of hydrogen-bond donors (Lipinski definition) is 1. The van der Waals surface area contributed by atoms with Crippen LogP contribution in [-0.2, 0) is 17.9 Å². The third-order valence-electron chi connectivity index (χ3n) is 4.97. The molecular weight excluding hydrogens is 314 g/mol. The van der Waals surface area contributed by atoms with Crippen molar-refractivity contribution in [2.45, 2.75) is 39.4 Å². The summed E-state index contributed by atoms with van der Waals surface area (Å²) in [6, 6.07) is 11.1. The molecule has 0 saturated carbocycles. The van der Waals surface area contributed by atoms with Gasteiger partial charge in [0.1, 0.15) is 6.04 Å². The molecule has 2 amide bonds. The first-order chi connectivity index (χ1) is 12.1. The second-order valence-corrected chi connectivity index (χ2v) is 6.63. The Morgan fingerprint density at radius 2 is 1.92 bits per heavy atom. The fraction of sp³-hybridized carbons (Fsp3) is 0.400. The summed E-state index contributed by atoms with van der Waals surface area (Å²) < 4.78 is 2.02. The van der Waals surface area contributed by atoms with E-state index >= 15 is 0 Å². The Balaban J connectivity index is 1.70. The van der Waals surface area contributed by atoms with Gasteiger partial charge in [0.25, 0.3) is 5.91 Å². The number of rotatable bonds is 7. The van der Waals surface area contributed by atoms with Gasteiger partial charge in [-0.3, -0.25) is 9.59 Å². The highest BCUT2D eigenvalue weighted by Gasteiger charge is 2.38. The van der Waals surface area contributed by atoms with Crippen LogP contribution in [-0.4, -0.2) is 33.9 Å². The molecule has 2 atom stereocenters. The highest BCUT2D eigenvalue weighted by Crippen LogP contribution is 2.28. The van der Waals surface area contributed by atoms with E-state index in [4.69, 9.17) is 0 Å². The highest BCUT2D eigenvalue weighted by atomic mass is 16.2. The molecule has 2 heterocycles. The van der Waals surface area contributed by atoms with Crippen LogP contribution in [0.25, 0.3) is 0 Å². The lowest BCUT2D eigenvalue weighted by atomic mass is 9.96. The first-order valence-corrected chi connectivity index (χ1v) is 8.89. The summed E-state index contributed by atoms with van der Waals surface area (Å²) in [7, 11) is 0. The quantitative estimate of drug-likeness (QED) is 0.843. The molecule has 25 heavy (non-hydrogen) atoms. The van der Waals surface area contributed by atoms with Crippen LogP contribution >= 0.6 is 0 Å². The molecule has 1 aromatic heterocycles. The van der Waals surface area contributed by atoms with Crippen molar-refractivity contribution in [2.75, 3.05) is 6.54 Å². The number of benzene rings is 1. The molecule has 1 aromatic carbocycles. The van der Waals surface area contributed by atoms with Crippen LogP contribution in [0.5, 0.6) is 0 Å². The van der Waals surface area contributed by atoms with Gasteiger partial charge in [-0.05, 0) is 29.7 Å². The molecule has 0 unspecified atom stereocenters. The van der Waals surface area contributed by atoms with Crippen molar-refractivity contribution in [2.24, 2.45) is 5.92 Å². The topological polar surface area (TPSA) is 54.3 Å². The minimum absolute atomic E-state index is 0.0403. The van der Waals surface area contributed by atoms with Crippen LogP contribution in [0.3, 0.4) is 0 Å². The van der Waals surface area contributed by atoms with E-state index in [1.54, 1.807) is 4.90 Å². The van der Waals surface area contributed by atoms with Gasteiger partial charge in [-0.15, -0.1) is 0 Å². The molecule has 132 valence electrons. The van der Waals surface area contributed by atoms with Gasteiger partial charge in [0.05, 0.1) is 0 Å². The lowest BCUT2D eigenvalue weighted by molar-refractivity contribution is -0.127. The van der Waals surface area contributed by atoms with Crippen molar-refractivity contribution >= 4 is 11.8 Å². The summed E-state index contributed by atoms with van der Waals surface area (Å²) in [5.74, 6) is -0.00559. The average molecular weight is 339 g/mol. The third kappa shape index (κ3) is 3.60. The van der Waals surface area contributed by atoms with E-state index in [1.807, 2.05) is 60.3 Å². The number of aromatic nitrogens is 1. The van der Waals surface area contributed by atoms with Crippen LogP contribution in [0.2, 0.25) is 0 Å². The molecule has 1 aliphatic heterocycles. The minimum atomic E-state index is -0.436. The Morgan fingerprint density at radius 3 is 2.60 bits per heavy atom. The van der Waals surface area contributed by atoms with Crippen LogP contribution < -0.4 is 5.32 Å². The van der Waals surface area contributed by atoms with Crippen molar-refractivity contribution in [1.82, 2.24) is 14.8 Å². The molecule has 0 spiro atoms. The van der Waals surface area contributed by atoms with E-state index in [0.29, 0.717) is 13.1 Å². The van der Waals surface area contributed by atoms with Crippen molar-refractivity contribution < 1.29 is 9.59 Å². The van der Waals surface area contributed by atoms with Gasteiger partial charge in [0.2, 0.25) is 5.91 Å². The number of carbonyl (C=O) groups is 2. The monoisotopic (exact) mass is 339 g/mol. The normalized spacial score (nSPS) is 15.8. The van der Waals surface area contributed by atoms with Crippen LogP contribution in [0.1, 0.15) is 36.2 Å². The molecule has 1 aliphatic rings. The number of carbonyl (C=O) groups excluding carboxylic acids is 2. The van der Waals surface area contributed by atoms with Crippen LogP contribution in [0.4, 0.5) is 0 Å². The van der Waals surface area contributed by atoms with Crippen molar-refractivity contribution in [3.63, 3.8) is 0 Å². The number of nitrogens with one attached hydrogen (secondary N) is 1. The van der Waals surface area contributed by atoms with Gasteiger partial charge < -0.3 is 14.8 Å². The highest BCUT2D eigenvalue weighted by molar-refractivity contribution is 6.01. The number of hydrogen-bond acceptors (Lipinski definition) is 2. The predicted molar refractivity (Wildman–Crippen MR) is 97.0 cm³/mol. The standard InChI is InChI=1S/C20H25N3O2/c1-3-15(2)18(19(24)21-10-13-22-11-6-7-12-22)23-14-16-8-4-5-9-17(16)20(23)25/h4-9,11-12,15,18H,3,10,13-14H2,1-2H3,(H,21,24)/t15-,18+/m1/s1. The zero-order chi connectivity index (χ0) is 17.8.